The molecular formula is C22H22N2O4. The Kier molecular flexibility index (Phi) is 5.02. The average molecular weight is 378 g/mol. The Morgan fingerprint density at radius 1 is 1.07 bits per heavy atom. The molecule has 28 heavy (non-hydrogen) atoms. The lowest BCUT2D eigenvalue weighted by Crippen LogP contribution is -2.36. The molecule has 0 saturated heterocycles. The van der Waals surface area contributed by atoms with E-state index in [1.807, 2.05) is 35.2 Å². The van der Waals surface area contributed by atoms with Crippen LogP contribution < -0.4 is 9.47 Å². The molecule has 0 atom stereocenters. The summed E-state index contributed by atoms with van der Waals surface area (Å²) in [6, 6.07) is 15.6. The second kappa shape index (κ2) is 7.76. The number of methoxy groups -OCH3 is 2. The standard InChI is InChI=1S/C22H22N2O4/c1-26-19-8-7-16(11-21(19)27-2)20-12-18(23-28-20)13-22(25)24-10-9-15-5-3-4-6-17(15)14-24/h3-8,11-12H,9-10,13-14H2,1-2H3. The van der Waals surface area contributed by atoms with E-state index < -0.39 is 0 Å². The van der Waals surface area contributed by atoms with Gasteiger partial charge >= 0.3 is 0 Å². The molecule has 6 nitrogen and oxygen atoms in total. The number of hydrogen-bond acceptors (Lipinski definition) is 5. The number of carbonyl (C=O) groups is 1. The largest absolute Gasteiger partial charge is 0.493 e. The maximum atomic E-state index is 12.7. The highest BCUT2D eigenvalue weighted by Crippen LogP contribution is 2.32. The third kappa shape index (κ3) is 3.58. The summed E-state index contributed by atoms with van der Waals surface area (Å²) in [6.45, 7) is 1.38. The van der Waals surface area contributed by atoms with E-state index in [0.717, 1.165) is 18.5 Å². The van der Waals surface area contributed by atoms with Gasteiger partial charge in [0.2, 0.25) is 5.91 Å². The molecule has 6 heteroatoms. The molecule has 4 rings (SSSR count). The molecule has 2 aromatic carbocycles. The Bertz CT molecular complexity index is 996. The topological polar surface area (TPSA) is 64.8 Å². The van der Waals surface area contributed by atoms with E-state index in [9.17, 15) is 4.79 Å². The van der Waals surface area contributed by atoms with Gasteiger partial charge in [-0.15, -0.1) is 0 Å². The SMILES string of the molecule is COc1ccc(-c2cc(CC(=O)N3CCc4ccccc4C3)no2)cc1OC. The Balaban J connectivity index is 1.46. The molecule has 0 saturated carbocycles. The predicted molar refractivity (Wildman–Crippen MR) is 104 cm³/mol. The summed E-state index contributed by atoms with van der Waals surface area (Å²) in [5.41, 5.74) is 3.97. The highest BCUT2D eigenvalue weighted by atomic mass is 16.5. The Hall–Kier alpha value is -3.28. The van der Waals surface area contributed by atoms with Crippen LogP contribution in [-0.2, 0) is 24.2 Å². The third-order valence-electron chi connectivity index (χ3n) is 5.04. The van der Waals surface area contributed by atoms with E-state index in [0.29, 0.717) is 29.5 Å². The van der Waals surface area contributed by atoms with Gasteiger partial charge in [0.25, 0.3) is 0 Å². The van der Waals surface area contributed by atoms with Gasteiger partial charge in [0.1, 0.15) is 0 Å². The lowest BCUT2D eigenvalue weighted by molar-refractivity contribution is -0.131. The number of fused-ring (bicyclic) bond motifs is 1. The minimum Gasteiger partial charge on any atom is -0.493 e. The summed E-state index contributed by atoms with van der Waals surface area (Å²) < 4.78 is 16.0. The monoisotopic (exact) mass is 378 g/mol. The lowest BCUT2D eigenvalue weighted by Gasteiger charge is -2.28. The van der Waals surface area contributed by atoms with Crippen LogP contribution in [0.25, 0.3) is 11.3 Å². The second-order valence-electron chi connectivity index (χ2n) is 6.76. The van der Waals surface area contributed by atoms with Gasteiger partial charge in [-0.05, 0) is 35.7 Å². The predicted octanol–water partition coefficient (Wildman–Crippen LogP) is 3.49. The van der Waals surface area contributed by atoms with E-state index in [-0.39, 0.29) is 12.3 Å². The fraction of sp³-hybridized carbons (Fsp3) is 0.273. The van der Waals surface area contributed by atoms with Crippen molar-refractivity contribution in [3.8, 4) is 22.8 Å². The molecule has 0 bridgehead atoms. The minimum atomic E-state index is 0.0571. The summed E-state index contributed by atoms with van der Waals surface area (Å²) in [4.78, 5) is 14.6. The van der Waals surface area contributed by atoms with Crippen LogP contribution >= 0.6 is 0 Å². The minimum absolute atomic E-state index is 0.0571. The molecule has 0 unspecified atom stereocenters. The number of amides is 1. The fourth-order valence-corrected chi connectivity index (χ4v) is 3.50. The van der Waals surface area contributed by atoms with Crippen molar-refractivity contribution in [3.63, 3.8) is 0 Å². The van der Waals surface area contributed by atoms with Gasteiger partial charge in [-0.3, -0.25) is 4.79 Å². The summed E-state index contributed by atoms with van der Waals surface area (Å²) >= 11 is 0. The molecule has 3 aromatic rings. The van der Waals surface area contributed by atoms with Crippen molar-refractivity contribution in [2.45, 2.75) is 19.4 Å². The molecular weight excluding hydrogens is 356 g/mol. The molecule has 144 valence electrons. The van der Waals surface area contributed by atoms with Crippen LogP contribution in [0.15, 0.2) is 53.1 Å². The van der Waals surface area contributed by atoms with Gasteiger partial charge in [0.15, 0.2) is 17.3 Å². The van der Waals surface area contributed by atoms with Gasteiger partial charge in [0.05, 0.1) is 26.3 Å². The average Bonchev–Trinajstić information content (AvgIpc) is 3.21. The van der Waals surface area contributed by atoms with Crippen molar-refractivity contribution >= 4 is 5.91 Å². The number of rotatable bonds is 5. The Morgan fingerprint density at radius 3 is 2.64 bits per heavy atom. The van der Waals surface area contributed by atoms with E-state index in [4.69, 9.17) is 14.0 Å². The van der Waals surface area contributed by atoms with Gasteiger partial charge in [-0.2, -0.15) is 0 Å². The quantitative estimate of drug-likeness (QED) is 0.680. The number of nitrogens with zero attached hydrogens (tertiary/aromatic N) is 2. The van der Waals surface area contributed by atoms with Crippen LogP contribution in [0.2, 0.25) is 0 Å². The smallest absolute Gasteiger partial charge is 0.229 e. The van der Waals surface area contributed by atoms with Crippen molar-refractivity contribution in [1.29, 1.82) is 0 Å². The number of benzene rings is 2. The first-order valence-electron chi connectivity index (χ1n) is 9.20. The molecule has 1 amide bonds. The van der Waals surface area contributed by atoms with Crippen LogP contribution in [0.1, 0.15) is 16.8 Å². The summed E-state index contributed by atoms with van der Waals surface area (Å²) in [5, 5.41) is 4.08. The van der Waals surface area contributed by atoms with E-state index >= 15 is 0 Å². The summed E-state index contributed by atoms with van der Waals surface area (Å²) in [7, 11) is 3.18. The lowest BCUT2D eigenvalue weighted by atomic mass is 9.99. The number of ether oxygens (including phenoxy) is 2. The van der Waals surface area contributed by atoms with Gasteiger partial charge in [0, 0.05) is 24.7 Å². The molecule has 0 aliphatic carbocycles. The number of hydrogen-bond donors (Lipinski definition) is 0. The zero-order chi connectivity index (χ0) is 19.5. The van der Waals surface area contributed by atoms with E-state index in [2.05, 4.69) is 17.3 Å². The van der Waals surface area contributed by atoms with Gasteiger partial charge in [-0.25, -0.2) is 0 Å². The van der Waals surface area contributed by atoms with Crippen molar-refractivity contribution in [2.75, 3.05) is 20.8 Å². The zero-order valence-corrected chi connectivity index (χ0v) is 16.0. The normalized spacial score (nSPS) is 13.1. The maximum absolute atomic E-state index is 12.7. The Morgan fingerprint density at radius 2 is 1.86 bits per heavy atom. The van der Waals surface area contributed by atoms with Crippen molar-refractivity contribution in [2.24, 2.45) is 0 Å². The number of aromatic nitrogens is 1. The molecule has 0 fully saturated rings. The van der Waals surface area contributed by atoms with Crippen LogP contribution in [0.3, 0.4) is 0 Å². The first kappa shape index (κ1) is 18.1. The van der Waals surface area contributed by atoms with Crippen molar-refractivity contribution in [1.82, 2.24) is 10.1 Å². The maximum Gasteiger partial charge on any atom is 0.229 e. The second-order valence-corrected chi connectivity index (χ2v) is 6.76. The molecule has 1 aliphatic rings. The highest BCUT2D eigenvalue weighted by molar-refractivity contribution is 5.79. The summed E-state index contributed by atoms with van der Waals surface area (Å²) in [5.74, 6) is 1.90. The van der Waals surface area contributed by atoms with Crippen LogP contribution in [0.5, 0.6) is 11.5 Å². The molecule has 1 aliphatic heterocycles. The molecule has 0 spiro atoms. The highest BCUT2D eigenvalue weighted by Gasteiger charge is 2.22. The number of carbonyl (C=O) groups excluding carboxylic acids is 1. The Labute approximate surface area is 163 Å². The first-order valence-corrected chi connectivity index (χ1v) is 9.20. The van der Waals surface area contributed by atoms with Crippen LogP contribution in [0.4, 0.5) is 0 Å². The zero-order valence-electron chi connectivity index (χ0n) is 16.0. The van der Waals surface area contributed by atoms with Crippen LogP contribution in [0, 0.1) is 0 Å². The van der Waals surface area contributed by atoms with E-state index in [1.165, 1.54) is 11.1 Å². The molecule has 0 N–H and O–H groups in total. The van der Waals surface area contributed by atoms with Crippen LogP contribution in [-0.4, -0.2) is 36.7 Å². The first-order chi connectivity index (χ1) is 13.7. The van der Waals surface area contributed by atoms with Crippen molar-refractivity contribution in [3.05, 3.63) is 65.4 Å². The van der Waals surface area contributed by atoms with Gasteiger partial charge < -0.3 is 18.9 Å². The molecule has 1 aromatic heterocycles. The summed E-state index contributed by atoms with van der Waals surface area (Å²) in [6.07, 6.45) is 1.11. The molecule has 2 heterocycles. The third-order valence-corrected chi connectivity index (χ3v) is 5.04. The fourth-order valence-electron chi connectivity index (χ4n) is 3.50. The molecule has 0 radical (unpaired) electrons. The van der Waals surface area contributed by atoms with Gasteiger partial charge in [-0.1, -0.05) is 29.4 Å². The van der Waals surface area contributed by atoms with E-state index in [1.54, 1.807) is 20.3 Å². The van der Waals surface area contributed by atoms with Crippen molar-refractivity contribution < 1.29 is 18.8 Å².